The number of imide groups is 1. The molecule has 1 saturated heterocycles. The highest BCUT2D eigenvalue weighted by molar-refractivity contribution is 6.31. The van der Waals surface area contributed by atoms with Crippen molar-refractivity contribution in [3.8, 4) is 5.75 Å². The fourth-order valence-corrected chi connectivity index (χ4v) is 3.48. The molecule has 0 aromatic heterocycles. The lowest BCUT2D eigenvalue weighted by Gasteiger charge is -2.25. The number of rotatable bonds is 1. The first kappa shape index (κ1) is 13.4. The van der Waals surface area contributed by atoms with Gasteiger partial charge in [0.2, 0.25) is 11.8 Å². The Labute approximate surface area is 122 Å². The second kappa shape index (κ2) is 4.77. The quantitative estimate of drug-likeness (QED) is 0.810. The van der Waals surface area contributed by atoms with Crippen LogP contribution in [0, 0.1) is 17.8 Å². The molecule has 4 nitrogen and oxygen atoms in total. The van der Waals surface area contributed by atoms with Crippen molar-refractivity contribution in [3.63, 3.8) is 0 Å². The lowest BCUT2D eigenvalue weighted by atomic mass is 9.76. The summed E-state index contributed by atoms with van der Waals surface area (Å²) in [5, 5.41) is 10.3. The van der Waals surface area contributed by atoms with Crippen molar-refractivity contribution < 1.29 is 14.7 Å². The van der Waals surface area contributed by atoms with Gasteiger partial charge >= 0.3 is 0 Å². The third-order valence-electron chi connectivity index (χ3n) is 4.37. The number of aromatic hydroxyl groups is 1. The molecular formula is C15H16ClNO3. The van der Waals surface area contributed by atoms with Crippen LogP contribution in [0.25, 0.3) is 0 Å². The molecule has 5 heteroatoms. The van der Waals surface area contributed by atoms with Gasteiger partial charge in [-0.25, -0.2) is 4.90 Å². The molecule has 3 atom stereocenters. The minimum Gasteiger partial charge on any atom is -0.506 e. The molecule has 0 radical (unpaired) electrons. The summed E-state index contributed by atoms with van der Waals surface area (Å²) in [5.41, 5.74) is 0.242. The highest BCUT2D eigenvalue weighted by Crippen LogP contribution is 2.44. The van der Waals surface area contributed by atoms with Gasteiger partial charge in [0.15, 0.2) is 0 Å². The van der Waals surface area contributed by atoms with Crippen molar-refractivity contribution in [1.82, 2.24) is 0 Å². The van der Waals surface area contributed by atoms with Crippen molar-refractivity contribution in [1.29, 1.82) is 0 Å². The number of halogens is 1. The van der Waals surface area contributed by atoms with E-state index in [0.29, 0.717) is 10.9 Å². The second-order valence-corrected chi connectivity index (χ2v) is 6.21. The summed E-state index contributed by atoms with van der Waals surface area (Å²) < 4.78 is 0. The minimum atomic E-state index is -0.235. The van der Waals surface area contributed by atoms with Crippen LogP contribution in [-0.2, 0) is 9.59 Å². The maximum absolute atomic E-state index is 12.5. The molecule has 1 saturated carbocycles. The normalized spacial score (nSPS) is 29.7. The van der Waals surface area contributed by atoms with E-state index >= 15 is 0 Å². The molecule has 1 aromatic rings. The van der Waals surface area contributed by atoms with Crippen LogP contribution in [-0.4, -0.2) is 16.9 Å². The highest BCUT2D eigenvalue weighted by Gasteiger charge is 2.50. The molecular weight excluding hydrogens is 278 g/mol. The predicted octanol–water partition coefficient (Wildman–Crippen LogP) is 2.97. The molecule has 1 aromatic carbocycles. The lowest BCUT2D eigenvalue weighted by molar-refractivity contribution is -0.122. The zero-order chi connectivity index (χ0) is 14.4. The highest BCUT2D eigenvalue weighted by atomic mass is 35.5. The van der Waals surface area contributed by atoms with Crippen LogP contribution < -0.4 is 4.90 Å². The molecule has 2 aliphatic rings. The van der Waals surface area contributed by atoms with Crippen LogP contribution in [0.5, 0.6) is 5.75 Å². The van der Waals surface area contributed by atoms with Crippen LogP contribution in [0.4, 0.5) is 5.69 Å². The number of carbonyl (C=O) groups excluding carboxylic acids is 2. The third kappa shape index (κ3) is 1.99. The number of hydrogen-bond donors (Lipinski definition) is 1. The van der Waals surface area contributed by atoms with Gasteiger partial charge in [-0.1, -0.05) is 18.5 Å². The van der Waals surface area contributed by atoms with Gasteiger partial charge in [0.05, 0.1) is 17.5 Å². The zero-order valence-corrected chi connectivity index (χ0v) is 11.9. The fraction of sp³-hybridized carbons (Fsp3) is 0.467. The van der Waals surface area contributed by atoms with Gasteiger partial charge in [0.1, 0.15) is 5.75 Å². The first-order valence-corrected chi connectivity index (χ1v) is 7.23. The first-order chi connectivity index (χ1) is 9.49. The van der Waals surface area contributed by atoms with E-state index in [1.807, 2.05) is 0 Å². The van der Waals surface area contributed by atoms with Gasteiger partial charge in [-0.3, -0.25) is 9.59 Å². The molecule has 0 bridgehead atoms. The van der Waals surface area contributed by atoms with Crippen LogP contribution in [0.15, 0.2) is 18.2 Å². The topological polar surface area (TPSA) is 57.6 Å². The van der Waals surface area contributed by atoms with E-state index < -0.39 is 0 Å². The molecule has 2 amide bonds. The number of amides is 2. The summed E-state index contributed by atoms with van der Waals surface area (Å²) in [6, 6.07) is 4.44. The monoisotopic (exact) mass is 293 g/mol. The van der Waals surface area contributed by atoms with Crippen molar-refractivity contribution in [2.24, 2.45) is 17.8 Å². The van der Waals surface area contributed by atoms with E-state index in [1.165, 1.54) is 12.1 Å². The van der Waals surface area contributed by atoms with E-state index in [9.17, 15) is 14.7 Å². The molecule has 3 rings (SSSR count). The molecule has 1 heterocycles. The Hall–Kier alpha value is -1.55. The molecule has 2 fully saturated rings. The number of nitrogens with zero attached hydrogens (tertiary/aromatic N) is 1. The van der Waals surface area contributed by atoms with Gasteiger partial charge in [-0.15, -0.1) is 0 Å². The zero-order valence-electron chi connectivity index (χ0n) is 11.2. The standard InChI is InChI=1S/C15H16ClNO3/c1-8-2-4-10-11(6-8)15(20)17(14(10)19)12-5-3-9(16)7-13(12)18/h3,5,7-8,10-11,18H,2,4,6H2,1H3/t8-,10+,11+/m1/s1. The summed E-state index contributed by atoms with van der Waals surface area (Å²) in [7, 11) is 0. The third-order valence-corrected chi connectivity index (χ3v) is 4.60. The van der Waals surface area contributed by atoms with Gasteiger partial charge in [-0.2, -0.15) is 0 Å². The second-order valence-electron chi connectivity index (χ2n) is 5.78. The Bertz CT molecular complexity index is 586. The number of anilines is 1. The summed E-state index contributed by atoms with van der Waals surface area (Å²) in [6.45, 7) is 2.11. The first-order valence-electron chi connectivity index (χ1n) is 6.85. The van der Waals surface area contributed by atoms with Crippen molar-refractivity contribution in [2.45, 2.75) is 26.2 Å². The number of fused-ring (bicyclic) bond motifs is 1. The minimum absolute atomic E-state index is 0.133. The number of phenolic OH excluding ortho intramolecular Hbond substituents is 1. The van der Waals surface area contributed by atoms with Gasteiger partial charge < -0.3 is 5.11 Å². The fourth-order valence-electron chi connectivity index (χ4n) is 3.31. The average Bonchev–Trinajstić information content (AvgIpc) is 2.63. The number of phenols is 1. The molecule has 1 aliphatic heterocycles. The Morgan fingerprint density at radius 1 is 1.20 bits per heavy atom. The maximum Gasteiger partial charge on any atom is 0.237 e. The maximum atomic E-state index is 12.5. The number of carbonyl (C=O) groups is 2. The smallest absolute Gasteiger partial charge is 0.237 e. The van der Waals surface area contributed by atoms with Gasteiger partial charge in [0.25, 0.3) is 0 Å². The molecule has 106 valence electrons. The van der Waals surface area contributed by atoms with Crippen molar-refractivity contribution in [3.05, 3.63) is 23.2 Å². The van der Waals surface area contributed by atoms with Crippen LogP contribution >= 0.6 is 11.6 Å². The van der Waals surface area contributed by atoms with E-state index in [1.54, 1.807) is 6.07 Å². The van der Waals surface area contributed by atoms with Gasteiger partial charge in [0, 0.05) is 11.1 Å². The predicted molar refractivity (Wildman–Crippen MR) is 75.6 cm³/mol. The Balaban J connectivity index is 1.98. The summed E-state index contributed by atoms with van der Waals surface area (Å²) in [4.78, 5) is 26.1. The number of benzene rings is 1. The Morgan fingerprint density at radius 2 is 1.90 bits per heavy atom. The van der Waals surface area contributed by atoms with E-state index in [2.05, 4.69) is 6.92 Å². The summed E-state index contributed by atoms with van der Waals surface area (Å²) >= 11 is 5.79. The van der Waals surface area contributed by atoms with Crippen LogP contribution in [0.2, 0.25) is 5.02 Å². The van der Waals surface area contributed by atoms with Gasteiger partial charge in [-0.05, 0) is 37.3 Å². The van der Waals surface area contributed by atoms with Crippen LogP contribution in [0.3, 0.4) is 0 Å². The molecule has 0 spiro atoms. The van der Waals surface area contributed by atoms with Crippen LogP contribution in [0.1, 0.15) is 26.2 Å². The average molecular weight is 294 g/mol. The molecule has 1 aliphatic carbocycles. The SMILES string of the molecule is C[C@@H]1CC[C@@H]2C(=O)N(c3ccc(Cl)cc3O)C(=O)[C@H]2C1. The van der Waals surface area contributed by atoms with E-state index in [4.69, 9.17) is 11.6 Å². The summed E-state index contributed by atoms with van der Waals surface area (Å²) in [5.74, 6) is -0.513. The van der Waals surface area contributed by atoms with Crippen molar-refractivity contribution >= 4 is 29.1 Å². The number of hydrogen-bond acceptors (Lipinski definition) is 3. The molecule has 1 N–H and O–H groups in total. The van der Waals surface area contributed by atoms with Crippen molar-refractivity contribution in [2.75, 3.05) is 4.90 Å². The molecule has 20 heavy (non-hydrogen) atoms. The lowest BCUT2D eigenvalue weighted by Crippen LogP contribution is -2.30. The largest absolute Gasteiger partial charge is 0.506 e. The molecule has 0 unspecified atom stereocenters. The Morgan fingerprint density at radius 3 is 2.60 bits per heavy atom. The summed E-state index contributed by atoms with van der Waals surface area (Å²) in [6.07, 6.45) is 2.47. The Kier molecular flexibility index (Phi) is 3.21. The van der Waals surface area contributed by atoms with E-state index in [0.717, 1.165) is 24.2 Å². The van der Waals surface area contributed by atoms with E-state index in [-0.39, 0.29) is 35.1 Å².